The van der Waals surface area contributed by atoms with Gasteiger partial charge in [-0.05, 0) is 50.6 Å². The summed E-state index contributed by atoms with van der Waals surface area (Å²) in [5, 5.41) is 6.14. The fraction of sp³-hybridized carbons (Fsp3) is 0.562. The van der Waals surface area contributed by atoms with Crippen LogP contribution in [0.15, 0.2) is 24.3 Å². The molecule has 2 N–H and O–H groups in total. The van der Waals surface area contributed by atoms with E-state index in [1.165, 1.54) is 12.1 Å². The first-order chi connectivity index (χ1) is 11.0. The molecule has 1 aromatic rings. The summed E-state index contributed by atoms with van der Waals surface area (Å²) in [7, 11) is 1.55. The van der Waals surface area contributed by atoms with Crippen LogP contribution in [0.25, 0.3) is 0 Å². The van der Waals surface area contributed by atoms with E-state index in [0.717, 1.165) is 18.7 Å². The maximum Gasteiger partial charge on any atom is 0.387 e. The summed E-state index contributed by atoms with van der Waals surface area (Å²) < 4.78 is 34.1. The zero-order chi connectivity index (χ0) is 16.9. The Morgan fingerprint density at radius 2 is 1.83 bits per heavy atom. The van der Waals surface area contributed by atoms with E-state index in [0.29, 0.717) is 12.8 Å². The summed E-state index contributed by atoms with van der Waals surface area (Å²) >= 11 is 0. The van der Waals surface area contributed by atoms with Crippen molar-refractivity contribution in [3.8, 4) is 5.75 Å². The molecule has 1 fully saturated rings. The minimum absolute atomic E-state index is 0. The van der Waals surface area contributed by atoms with Crippen LogP contribution >= 0.6 is 12.4 Å². The molecular weight excluding hydrogens is 342 g/mol. The molecule has 2 rings (SSSR count). The van der Waals surface area contributed by atoms with Crippen molar-refractivity contribution in [3.05, 3.63) is 29.8 Å². The van der Waals surface area contributed by atoms with E-state index >= 15 is 0 Å². The maximum absolute atomic E-state index is 12.6. The lowest BCUT2D eigenvalue weighted by atomic mass is 9.90. The minimum atomic E-state index is -2.85. The largest absolute Gasteiger partial charge is 0.435 e. The summed E-state index contributed by atoms with van der Waals surface area (Å²) in [5.41, 5.74) is -0.00161. The van der Waals surface area contributed by atoms with E-state index in [1.54, 1.807) is 19.2 Å². The molecule has 1 aliphatic heterocycles. The molecule has 1 heterocycles. The third kappa shape index (κ3) is 5.03. The highest BCUT2D eigenvalue weighted by Gasteiger charge is 2.40. The zero-order valence-corrected chi connectivity index (χ0v) is 14.5. The second kappa shape index (κ2) is 9.15. The van der Waals surface area contributed by atoms with E-state index in [2.05, 4.69) is 15.4 Å². The minimum Gasteiger partial charge on any atom is -0.435 e. The molecule has 0 bridgehead atoms. The molecule has 0 radical (unpaired) electrons. The fourth-order valence-electron chi connectivity index (χ4n) is 2.70. The number of methoxy groups -OCH3 is 1. The molecule has 0 aliphatic carbocycles. The summed E-state index contributed by atoms with van der Waals surface area (Å²) in [5.74, 6) is -0.0594. The second-order valence-corrected chi connectivity index (χ2v) is 5.59. The summed E-state index contributed by atoms with van der Waals surface area (Å²) in [6, 6.07) is 5.97. The molecule has 1 amide bonds. The van der Waals surface area contributed by atoms with Crippen LogP contribution < -0.4 is 15.4 Å². The topological polar surface area (TPSA) is 59.6 Å². The Bertz CT molecular complexity index is 523. The zero-order valence-electron chi connectivity index (χ0n) is 13.7. The highest BCUT2D eigenvalue weighted by molar-refractivity contribution is 5.86. The van der Waals surface area contributed by atoms with Crippen molar-refractivity contribution in [1.29, 1.82) is 0 Å². The molecule has 136 valence electrons. The predicted octanol–water partition coefficient (Wildman–Crippen LogP) is 2.66. The van der Waals surface area contributed by atoms with E-state index in [-0.39, 0.29) is 30.1 Å². The smallest absolute Gasteiger partial charge is 0.387 e. The van der Waals surface area contributed by atoms with Gasteiger partial charge in [0.15, 0.2) is 0 Å². The first-order valence-corrected chi connectivity index (χ1v) is 7.58. The number of carbonyl (C=O) groups is 1. The molecule has 0 saturated carbocycles. The van der Waals surface area contributed by atoms with Gasteiger partial charge in [-0.2, -0.15) is 8.78 Å². The van der Waals surface area contributed by atoms with Crippen molar-refractivity contribution < 1.29 is 23.0 Å². The number of nitrogens with one attached hydrogen (secondary N) is 2. The third-order valence-electron chi connectivity index (χ3n) is 4.17. The van der Waals surface area contributed by atoms with Crippen LogP contribution in [0.2, 0.25) is 0 Å². The van der Waals surface area contributed by atoms with E-state index in [1.807, 2.05) is 6.92 Å². The van der Waals surface area contributed by atoms with E-state index < -0.39 is 12.2 Å². The summed E-state index contributed by atoms with van der Waals surface area (Å²) in [6.45, 7) is 0.454. The Kier molecular flexibility index (Phi) is 7.86. The lowest BCUT2D eigenvalue weighted by Crippen LogP contribution is -2.54. The molecule has 5 nitrogen and oxygen atoms in total. The van der Waals surface area contributed by atoms with Crippen LogP contribution in [0.4, 0.5) is 8.78 Å². The molecule has 1 unspecified atom stereocenters. The van der Waals surface area contributed by atoms with Gasteiger partial charge in [0.05, 0.1) is 6.04 Å². The fourth-order valence-corrected chi connectivity index (χ4v) is 2.70. The summed E-state index contributed by atoms with van der Waals surface area (Å²) in [4.78, 5) is 12.6. The Hall–Kier alpha value is -1.44. The highest BCUT2D eigenvalue weighted by Crippen LogP contribution is 2.25. The van der Waals surface area contributed by atoms with Crippen LogP contribution in [0.5, 0.6) is 5.75 Å². The number of halogens is 3. The van der Waals surface area contributed by atoms with Gasteiger partial charge in [-0.1, -0.05) is 12.1 Å². The van der Waals surface area contributed by atoms with Gasteiger partial charge in [0, 0.05) is 7.11 Å². The van der Waals surface area contributed by atoms with Crippen molar-refractivity contribution >= 4 is 18.3 Å². The van der Waals surface area contributed by atoms with Gasteiger partial charge in [0.1, 0.15) is 11.4 Å². The van der Waals surface area contributed by atoms with Gasteiger partial charge < -0.3 is 20.1 Å². The van der Waals surface area contributed by atoms with Crippen molar-refractivity contribution in [2.75, 3.05) is 20.2 Å². The molecular formula is C16H23ClF2N2O3. The van der Waals surface area contributed by atoms with Crippen LogP contribution in [0, 0.1) is 0 Å². The summed E-state index contributed by atoms with van der Waals surface area (Å²) in [6.07, 6.45) is 1.23. The first-order valence-electron chi connectivity index (χ1n) is 7.58. The predicted molar refractivity (Wildman–Crippen MR) is 88.7 cm³/mol. The van der Waals surface area contributed by atoms with Crippen LogP contribution in [0.3, 0.4) is 0 Å². The number of hydrogen-bond acceptors (Lipinski definition) is 4. The van der Waals surface area contributed by atoms with Crippen LogP contribution in [0.1, 0.15) is 31.4 Å². The third-order valence-corrected chi connectivity index (χ3v) is 4.17. The lowest BCUT2D eigenvalue weighted by Gasteiger charge is -2.35. The van der Waals surface area contributed by atoms with E-state index in [9.17, 15) is 13.6 Å². The highest BCUT2D eigenvalue weighted by atomic mass is 35.5. The number of alkyl halides is 2. The lowest BCUT2D eigenvalue weighted by molar-refractivity contribution is -0.147. The Morgan fingerprint density at radius 1 is 1.25 bits per heavy atom. The van der Waals surface area contributed by atoms with Crippen molar-refractivity contribution in [2.45, 2.75) is 38.0 Å². The molecule has 8 heteroatoms. The Morgan fingerprint density at radius 3 is 2.33 bits per heavy atom. The van der Waals surface area contributed by atoms with Gasteiger partial charge in [-0.15, -0.1) is 12.4 Å². The normalized spacial score (nSPS) is 17.7. The second-order valence-electron chi connectivity index (χ2n) is 5.59. The number of hydrogen-bond donors (Lipinski definition) is 2. The van der Waals surface area contributed by atoms with Crippen molar-refractivity contribution in [3.63, 3.8) is 0 Å². The van der Waals surface area contributed by atoms with Crippen molar-refractivity contribution in [1.82, 2.24) is 10.6 Å². The first kappa shape index (κ1) is 20.6. The number of carbonyl (C=O) groups excluding carboxylic acids is 1. The average Bonchev–Trinajstić information content (AvgIpc) is 2.55. The number of piperidine rings is 1. The van der Waals surface area contributed by atoms with Gasteiger partial charge >= 0.3 is 6.61 Å². The number of benzene rings is 1. The van der Waals surface area contributed by atoms with Gasteiger partial charge in [0.2, 0.25) is 0 Å². The quantitative estimate of drug-likeness (QED) is 0.814. The number of amides is 1. The maximum atomic E-state index is 12.6. The van der Waals surface area contributed by atoms with Gasteiger partial charge in [-0.3, -0.25) is 4.79 Å². The van der Waals surface area contributed by atoms with Gasteiger partial charge in [0.25, 0.3) is 5.91 Å². The standard InChI is InChI=1S/C16H22F2N2O3.ClH/c1-11(12-3-5-13(6-4-12)23-15(17)18)20-14(21)16(22-2)7-9-19-10-8-16;/h3-6,11,15,19H,7-10H2,1-2H3,(H,20,21);1H. The average molecular weight is 365 g/mol. The number of rotatable bonds is 6. The molecule has 0 aromatic heterocycles. The van der Waals surface area contributed by atoms with Gasteiger partial charge in [-0.25, -0.2) is 0 Å². The molecule has 1 atom stereocenters. The monoisotopic (exact) mass is 364 g/mol. The molecule has 0 spiro atoms. The molecule has 1 aromatic carbocycles. The SMILES string of the molecule is COC1(C(=O)NC(C)c2ccc(OC(F)F)cc2)CCNCC1.Cl. The molecule has 24 heavy (non-hydrogen) atoms. The van der Waals surface area contributed by atoms with Crippen molar-refractivity contribution in [2.24, 2.45) is 0 Å². The Labute approximate surface area is 146 Å². The molecule has 1 saturated heterocycles. The van der Waals surface area contributed by atoms with Crippen LogP contribution in [-0.4, -0.2) is 38.3 Å². The Balaban J connectivity index is 0.00000288. The number of ether oxygens (including phenoxy) is 2. The molecule has 1 aliphatic rings. The van der Waals surface area contributed by atoms with E-state index in [4.69, 9.17) is 4.74 Å². The van der Waals surface area contributed by atoms with Crippen LogP contribution in [-0.2, 0) is 9.53 Å².